The van der Waals surface area contributed by atoms with Crippen LogP contribution in [0.5, 0.6) is 0 Å². The van der Waals surface area contributed by atoms with Gasteiger partial charge in [0, 0.05) is 44.9 Å². The summed E-state index contributed by atoms with van der Waals surface area (Å²) in [7, 11) is 3.85. The number of amides is 1. The molecule has 8 heteroatoms. The number of hydrogen-bond donors (Lipinski definition) is 1. The quantitative estimate of drug-likeness (QED) is 0.900. The van der Waals surface area contributed by atoms with Crippen molar-refractivity contribution in [1.29, 1.82) is 0 Å². The molecule has 0 atom stereocenters. The summed E-state index contributed by atoms with van der Waals surface area (Å²) in [6.45, 7) is 1.58. The molecule has 1 fully saturated rings. The maximum Gasteiger partial charge on any atom is 0.244 e. The summed E-state index contributed by atoms with van der Waals surface area (Å²) in [4.78, 5) is 24.9. The molecule has 0 aliphatic carbocycles. The molecule has 0 radical (unpaired) electrons. The van der Waals surface area contributed by atoms with Gasteiger partial charge in [-0.3, -0.25) is 9.89 Å². The van der Waals surface area contributed by atoms with Gasteiger partial charge in [-0.25, -0.2) is 4.98 Å². The molecule has 1 aliphatic rings. The van der Waals surface area contributed by atoms with E-state index in [2.05, 4.69) is 20.2 Å². The largest absolute Gasteiger partial charge is 0.346 e. The van der Waals surface area contributed by atoms with Crippen LogP contribution in [0.2, 0.25) is 0 Å². The number of piperidine rings is 1. The van der Waals surface area contributed by atoms with Crippen LogP contribution in [0.15, 0.2) is 10.9 Å². The highest BCUT2D eigenvalue weighted by molar-refractivity contribution is 7.07. The van der Waals surface area contributed by atoms with Crippen LogP contribution in [0.1, 0.15) is 36.7 Å². The van der Waals surface area contributed by atoms with Gasteiger partial charge in [0.15, 0.2) is 0 Å². The minimum absolute atomic E-state index is 0.225. The molecule has 0 unspecified atom stereocenters. The monoisotopic (exact) mass is 334 g/mol. The molecule has 1 amide bonds. The number of likely N-dealkylation sites (tertiary alicyclic amines) is 1. The smallest absolute Gasteiger partial charge is 0.244 e. The van der Waals surface area contributed by atoms with Crippen molar-refractivity contribution in [1.82, 2.24) is 25.1 Å². The number of rotatable bonds is 5. The molecular formula is C15H22N6OS. The van der Waals surface area contributed by atoms with E-state index in [9.17, 15) is 4.79 Å². The van der Waals surface area contributed by atoms with Crippen LogP contribution in [0, 0.1) is 0 Å². The van der Waals surface area contributed by atoms with E-state index >= 15 is 0 Å². The topological polar surface area (TPSA) is 78.0 Å². The second kappa shape index (κ2) is 7.08. The average Bonchev–Trinajstić information content (AvgIpc) is 3.24. The van der Waals surface area contributed by atoms with Gasteiger partial charge in [-0.05, 0) is 19.3 Å². The lowest BCUT2D eigenvalue weighted by molar-refractivity contribution is -0.132. The molecule has 3 heterocycles. The number of H-pyrrole nitrogens is 1. The maximum absolute atomic E-state index is 12.3. The first-order valence-corrected chi connectivity index (χ1v) is 8.82. The number of carbonyl (C=O) groups excluding carboxylic acids is 1. The van der Waals surface area contributed by atoms with Crippen LogP contribution in [0.25, 0.3) is 0 Å². The number of aromatic amines is 1. The first-order chi connectivity index (χ1) is 11.1. The Bertz CT molecular complexity index is 630. The van der Waals surface area contributed by atoms with Crippen LogP contribution in [-0.4, -0.2) is 58.2 Å². The zero-order valence-corrected chi connectivity index (χ0v) is 14.3. The fourth-order valence-electron chi connectivity index (χ4n) is 2.80. The summed E-state index contributed by atoms with van der Waals surface area (Å²) in [6, 6.07) is 0. The molecule has 1 N–H and O–H groups in total. The lowest BCUT2D eigenvalue weighted by Crippen LogP contribution is -2.38. The number of nitrogens with one attached hydrogen (secondary N) is 1. The van der Waals surface area contributed by atoms with Gasteiger partial charge in [0.2, 0.25) is 11.9 Å². The maximum atomic E-state index is 12.3. The molecule has 2 aromatic heterocycles. The summed E-state index contributed by atoms with van der Waals surface area (Å²) in [6.07, 6.45) is 3.15. The Morgan fingerprint density at radius 2 is 2.22 bits per heavy atom. The Morgan fingerprint density at radius 3 is 2.83 bits per heavy atom. The molecule has 0 saturated carbocycles. The normalized spacial score (nSPS) is 15.8. The summed E-state index contributed by atoms with van der Waals surface area (Å²) >= 11 is 1.57. The minimum atomic E-state index is 0.225. The van der Waals surface area contributed by atoms with E-state index < -0.39 is 0 Å². The second-order valence-corrected chi connectivity index (χ2v) is 6.77. The van der Waals surface area contributed by atoms with Gasteiger partial charge in [0.05, 0.1) is 11.2 Å². The number of hydrogen-bond acceptors (Lipinski definition) is 6. The number of aromatic nitrogens is 4. The fraction of sp³-hybridized carbons (Fsp3) is 0.600. The minimum Gasteiger partial charge on any atom is -0.346 e. The lowest BCUT2D eigenvalue weighted by atomic mass is 9.96. The van der Waals surface area contributed by atoms with E-state index in [0.29, 0.717) is 18.3 Å². The standard InChI is InChI=1S/C15H22N6OS/c1-20(2)15-17-14(18-19-15)11-5-7-21(8-6-11)13(22)4-3-12-9-23-10-16-12/h9-11H,3-8H2,1-2H3,(H,17,18,19). The highest BCUT2D eigenvalue weighted by Gasteiger charge is 2.26. The first-order valence-electron chi connectivity index (χ1n) is 7.88. The molecule has 2 aromatic rings. The Balaban J connectivity index is 1.48. The van der Waals surface area contributed by atoms with Crippen LogP contribution < -0.4 is 4.90 Å². The van der Waals surface area contributed by atoms with Crippen molar-refractivity contribution in [3.63, 3.8) is 0 Å². The van der Waals surface area contributed by atoms with Crippen molar-refractivity contribution < 1.29 is 4.79 Å². The fourth-order valence-corrected chi connectivity index (χ4v) is 3.40. The van der Waals surface area contributed by atoms with Crippen molar-refractivity contribution in [2.75, 3.05) is 32.1 Å². The van der Waals surface area contributed by atoms with E-state index in [1.165, 1.54) is 0 Å². The van der Waals surface area contributed by atoms with Gasteiger partial charge in [-0.15, -0.1) is 16.4 Å². The van der Waals surface area contributed by atoms with Gasteiger partial charge >= 0.3 is 0 Å². The number of nitrogens with zero attached hydrogens (tertiary/aromatic N) is 5. The van der Waals surface area contributed by atoms with Crippen molar-refractivity contribution in [3.8, 4) is 0 Å². The Kier molecular flexibility index (Phi) is 4.90. The molecular weight excluding hydrogens is 312 g/mol. The van der Waals surface area contributed by atoms with Gasteiger partial charge < -0.3 is 9.80 Å². The van der Waals surface area contributed by atoms with Crippen molar-refractivity contribution in [2.45, 2.75) is 31.6 Å². The number of anilines is 1. The molecule has 124 valence electrons. The second-order valence-electron chi connectivity index (χ2n) is 6.05. The van der Waals surface area contributed by atoms with Crippen LogP contribution in [0.4, 0.5) is 5.95 Å². The highest BCUT2D eigenvalue weighted by atomic mass is 32.1. The third-order valence-corrected chi connectivity index (χ3v) is 4.84. The highest BCUT2D eigenvalue weighted by Crippen LogP contribution is 2.26. The first kappa shape index (κ1) is 15.9. The number of thiazole rings is 1. The van der Waals surface area contributed by atoms with Gasteiger partial charge in [0.1, 0.15) is 5.82 Å². The molecule has 1 aliphatic heterocycles. The van der Waals surface area contributed by atoms with Crippen LogP contribution in [-0.2, 0) is 11.2 Å². The predicted molar refractivity (Wildman–Crippen MR) is 89.7 cm³/mol. The molecule has 0 bridgehead atoms. The molecule has 0 spiro atoms. The summed E-state index contributed by atoms with van der Waals surface area (Å²) in [5.74, 6) is 2.23. The van der Waals surface area contributed by atoms with E-state index in [-0.39, 0.29) is 5.91 Å². The molecule has 7 nitrogen and oxygen atoms in total. The third kappa shape index (κ3) is 3.87. The van der Waals surface area contributed by atoms with E-state index in [0.717, 1.165) is 43.9 Å². The van der Waals surface area contributed by atoms with E-state index in [1.54, 1.807) is 11.3 Å². The van der Waals surface area contributed by atoms with E-state index in [1.807, 2.05) is 34.8 Å². The molecule has 3 rings (SSSR count). The summed E-state index contributed by atoms with van der Waals surface area (Å²) in [5, 5.41) is 9.24. The lowest BCUT2D eigenvalue weighted by Gasteiger charge is -2.31. The van der Waals surface area contributed by atoms with Gasteiger partial charge in [-0.1, -0.05) is 0 Å². The van der Waals surface area contributed by atoms with Gasteiger partial charge in [0.25, 0.3) is 0 Å². The SMILES string of the molecule is CN(C)c1n[nH]c(C2CCN(C(=O)CCc3cscn3)CC2)n1. The zero-order chi connectivity index (χ0) is 16.2. The van der Waals surface area contributed by atoms with Crippen molar-refractivity contribution >= 4 is 23.2 Å². The summed E-state index contributed by atoms with van der Waals surface area (Å²) < 4.78 is 0. The van der Waals surface area contributed by atoms with Crippen molar-refractivity contribution in [2.24, 2.45) is 0 Å². The number of aryl methyl sites for hydroxylation is 1. The van der Waals surface area contributed by atoms with Crippen LogP contribution in [0.3, 0.4) is 0 Å². The predicted octanol–water partition coefficient (Wildman–Crippen LogP) is 1.67. The van der Waals surface area contributed by atoms with Crippen molar-refractivity contribution in [3.05, 3.63) is 22.4 Å². The molecule has 23 heavy (non-hydrogen) atoms. The third-order valence-electron chi connectivity index (χ3n) is 4.20. The Hall–Kier alpha value is -1.96. The number of carbonyl (C=O) groups is 1. The summed E-state index contributed by atoms with van der Waals surface area (Å²) in [5.41, 5.74) is 2.82. The zero-order valence-electron chi connectivity index (χ0n) is 13.5. The van der Waals surface area contributed by atoms with Crippen LogP contribution >= 0.6 is 11.3 Å². The van der Waals surface area contributed by atoms with Gasteiger partial charge in [-0.2, -0.15) is 4.98 Å². The molecule has 0 aromatic carbocycles. The average molecular weight is 334 g/mol. The van der Waals surface area contributed by atoms with E-state index in [4.69, 9.17) is 0 Å². The Labute approximate surface area is 139 Å². The molecule has 1 saturated heterocycles. The Morgan fingerprint density at radius 1 is 1.43 bits per heavy atom.